The largest absolute Gasteiger partial charge is 0.435 e. The topological polar surface area (TPSA) is 109 Å². The molecule has 31 heavy (non-hydrogen) atoms. The molecule has 0 aliphatic carbocycles. The number of rotatable bonds is 6. The van der Waals surface area contributed by atoms with Gasteiger partial charge in [-0.15, -0.1) is 0 Å². The molecule has 7 nitrogen and oxygen atoms in total. The maximum absolute atomic E-state index is 14.2. The van der Waals surface area contributed by atoms with Crippen molar-refractivity contribution in [3.63, 3.8) is 0 Å². The first kappa shape index (κ1) is 22.9. The smallest absolute Gasteiger partial charge is 0.392 e. The maximum Gasteiger partial charge on any atom is 0.435 e. The molecule has 12 heteroatoms. The average molecular weight is 460 g/mol. The summed E-state index contributed by atoms with van der Waals surface area (Å²) < 4.78 is 75.9. The molecular formula is C19H20F4N4O3S. The normalized spacial score (nSPS) is 16.6. The number of alkyl halides is 3. The molecule has 1 amide bonds. The highest BCUT2D eigenvalue weighted by atomic mass is 32.2. The molecule has 0 saturated carbocycles. The van der Waals surface area contributed by atoms with Crippen molar-refractivity contribution in [2.45, 2.75) is 32.0 Å². The van der Waals surface area contributed by atoms with Crippen LogP contribution in [0.1, 0.15) is 41.0 Å². The van der Waals surface area contributed by atoms with Crippen molar-refractivity contribution in [2.75, 3.05) is 23.8 Å². The van der Waals surface area contributed by atoms with Crippen LogP contribution in [-0.4, -0.2) is 47.5 Å². The molecule has 1 saturated heterocycles. The number of anilines is 1. The van der Waals surface area contributed by atoms with Crippen molar-refractivity contribution >= 4 is 21.4 Å². The summed E-state index contributed by atoms with van der Waals surface area (Å²) in [7, 11) is -3.06. The van der Waals surface area contributed by atoms with Gasteiger partial charge in [0, 0.05) is 24.2 Å². The number of aromatic amines is 1. The summed E-state index contributed by atoms with van der Waals surface area (Å²) in [4.78, 5) is 14.1. The predicted molar refractivity (Wildman–Crippen MR) is 103 cm³/mol. The second-order valence-electron chi connectivity index (χ2n) is 7.43. The summed E-state index contributed by atoms with van der Waals surface area (Å²) >= 11 is 0. The number of nitrogens with zero attached hydrogens (tertiary/aromatic N) is 2. The average Bonchev–Trinajstić information content (AvgIpc) is 3.18. The van der Waals surface area contributed by atoms with E-state index in [0.717, 1.165) is 6.07 Å². The number of hydrogen-bond acceptors (Lipinski definition) is 5. The van der Waals surface area contributed by atoms with Crippen LogP contribution in [0.3, 0.4) is 0 Å². The lowest BCUT2D eigenvalue weighted by Crippen LogP contribution is -2.34. The summed E-state index contributed by atoms with van der Waals surface area (Å²) in [5.41, 5.74) is 3.99. The summed E-state index contributed by atoms with van der Waals surface area (Å²) in [6, 6.07) is 6.48. The monoisotopic (exact) mass is 460 g/mol. The van der Waals surface area contributed by atoms with Gasteiger partial charge in [-0.2, -0.15) is 18.3 Å². The molecule has 1 aliphatic heterocycles. The minimum atomic E-state index is -4.73. The number of amides is 1. The van der Waals surface area contributed by atoms with Crippen LogP contribution in [0, 0.1) is 23.9 Å². The lowest BCUT2D eigenvalue weighted by Gasteiger charge is -2.27. The molecule has 0 spiro atoms. The van der Waals surface area contributed by atoms with E-state index < -0.39 is 39.1 Å². The highest BCUT2D eigenvalue weighted by Gasteiger charge is 2.35. The van der Waals surface area contributed by atoms with Gasteiger partial charge in [0.05, 0.1) is 23.7 Å². The lowest BCUT2D eigenvalue weighted by molar-refractivity contribution is -0.141. The van der Waals surface area contributed by atoms with Crippen molar-refractivity contribution in [2.24, 2.45) is 5.92 Å². The minimum Gasteiger partial charge on any atom is -0.392 e. The number of carbonyl (C=O) groups is 1. The molecule has 0 radical (unpaired) electrons. The Kier molecular flexibility index (Phi) is 6.45. The van der Waals surface area contributed by atoms with Gasteiger partial charge in [0.15, 0.2) is 5.69 Å². The zero-order chi connectivity index (χ0) is 22.8. The maximum atomic E-state index is 14.2. The number of nitrogen functional groups attached to an aromatic ring is 1. The Morgan fingerprint density at radius 1 is 1.32 bits per heavy atom. The summed E-state index contributed by atoms with van der Waals surface area (Å²) in [5.74, 6) is -1.42. The Hall–Kier alpha value is -2.81. The highest BCUT2D eigenvalue weighted by Crippen LogP contribution is 2.29. The Morgan fingerprint density at radius 3 is 2.58 bits per heavy atom. The van der Waals surface area contributed by atoms with Crippen molar-refractivity contribution in [3.8, 4) is 0 Å². The zero-order valence-corrected chi connectivity index (χ0v) is 17.1. The third-order valence-electron chi connectivity index (χ3n) is 5.24. The highest BCUT2D eigenvalue weighted by molar-refractivity contribution is 7.91. The first-order valence-electron chi connectivity index (χ1n) is 9.45. The first-order valence-corrected chi connectivity index (χ1v) is 11.3. The van der Waals surface area contributed by atoms with Crippen LogP contribution in [0.4, 0.5) is 23.2 Å². The Balaban J connectivity index is 1.80. The Morgan fingerprint density at radius 2 is 2.00 bits per heavy atom. The van der Waals surface area contributed by atoms with Gasteiger partial charge in [-0.1, -0.05) is 6.07 Å². The summed E-state index contributed by atoms with van der Waals surface area (Å²) in [6.45, 7) is -0.228. The van der Waals surface area contributed by atoms with Gasteiger partial charge >= 0.3 is 6.18 Å². The minimum absolute atomic E-state index is 0.0178. The molecule has 1 aliphatic rings. The number of nitrogens with one attached hydrogen (secondary N) is 1. The zero-order valence-electron chi connectivity index (χ0n) is 16.3. The molecule has 168 valence electrons. The van der Waals surface area contributed by atoms with Gasteiger partial charge in [0.1, 0.15) is 21.3 Å². The lowest BCUT2D eigenvalue weighted by atomic mass is 9.98. The second kappa shape index (κ2) is 8.74. The van der Waals surface area contributed by atoms with Crippen LogP contribution in [0.15, 0.2) is 12.1 Å². The van der Waals surface area contributed by atoms with Crippen molar-refractivity contribution in [1.82, 2.24) is 15.1 Å². The quantitative estimate of drug-likeness (QED) is 0.644. The van der Waals surface area contributed by atoms with E-state index >= 15 is 0 Å². The third kappa shape index (κ3) is 5.66. The van der Waals surface area contributed by atoms with Crippen molar-refractivity contribution in [1.29, 1.82) is 0 Å². The van der Waals surface area contributed by atoms with Crippen LogP contribution in [-0.2, 0) is 22.6 Å². The van der Waals surface area contributed by atoms with Crippen LogP contribution >= 0.6 is 0 Å². The first-order chi connectivity index (χ1) is 14.5. The van der Waals surface area contributed by atoms with Gasteiger partial charge < -0.3 is 10.6 Å². The van der Waals surface area contributed by atoms with Gasteiger partial charge in [0.2, 0.25) is 0 Å². The van der Waals surface area contributed by atoms with Crippen LogP contribution in [0.25, 0.3) is 0 Å². The molecule has 2 heterocycles. The Labute approximate surface area is 176 Å². The van der Waals surface area contributed by atoms with E-state index in [1.807, 2.05) is 0 Å². The van der Waals surface area contributed by atoms with Crippen molar-refractivity contribution in [3.05, 3.63) is 47.0 Å². The van der Waals surface area contributed by atoms with Gasteiger partial charge in [-0.25, -0.2) is 12.8 Å². The molecule has 1 fully saturated rings. The third-order valence-corrected chi connectivity index (χ3v) is 6.95. The second-order valence-corrected chi connectivity index (χ2v) is 9.73. The number of aromatic nitrogens is 2. The van der Waals surface area contributed by atoms with Gasteiger partial charge in [-0.3, -0.25) is 9.89 Å². The molecule has 3 N–H and O–H groups in total. The van der Waals surface area contributed by atoms with Gasteiger partial charge in [-0.05, 0) is 31.2 Å². The van der Waals surface area contributed by atoms with E-state index in [1.165, 1.54) is 4.90 Å². The standard InChI is InChI=1S/C19H20F4N4O3S/c20-14-2-1-3-15(24)13(14)11-27(7-4-12-5-8-31(29,30)9-6-12)18(28)16-10-17(26-25-16)19(21,22)23/h2,10,12H,4-9,11,24H2,(H,25,26). The van der Waals surface area contributed by atoms with E-state index in [-0.39, 0.29) is 41.8 Å². The fourth-order valence-electron chi connectivity index (χ4n) is 3.39. The summed E-state index contributed by atoms with van der Waals surface area (Å²) in [6.07, 6.45) is -3.46. The van der Waals surface area contributed by atoms with E-state index in [4.69, 9.17) is 5.73 Å². The molecule has 1 aromatic carbocycles. The molecule has 1 aromatic heterocycles. The van der Waals surface area contributed by atoms with Crippen LogP contribution < -0.4 is 5.73 Å². The van der Waals surface area contributed by atoms with E-state index in [0.29, 0.717) is 25.3 Å². The number of H-pyrrole nitrogens is 1. The molecule has 2 aromatic rings. The van der Waals surface area contributed by atoms with Crippen LogP contribution in [0.5, 0.6) is 0 Å². The van der Waals surface area contributed by atoms with Crippen molar-refractivity contribution < 1.29 is 30.8 Å². The van der Waals surface area contributed by atoms with Gasteiger partial charge in [0.25, 0.3) is 5.91 Å². The number of nitrogens with two attached hydrogens (primary N) is 1. The fourth-order valence-corrected chi connectivity index (χ4v) is 4.97. The number of sulfone groups is 1. The number of halogens is 4. The molecule has 0 atom stereocenters. The van der Waals surface area contributed by atoms with Crippen LogP contribution in [0.2, 0.25) is 0 Å². The molecule has 0 unspecified atom stereocenters. The predicted octanol–water partition coefficient (Wildman–Crippen LogP) is 2.61. The number of hydrogen-bond donors (Lipinski definition) is 2. The number of carbonyl (C=O) groups excluding carboxylic acids is 1. The Bertz CT molecular complexity index is 1020. The fraction of sp³-hybridized carbons (Fsp3) is 0.474. The molecule has 3 rings (SSSR count). The SMILES string of the molecule is Nc1c#ccc(F)c1CN(CCC1CCS(=O)(=O)CC1)C(=O)c1cc(C(F)(F)F)n[nH]1. The van der Waals surface area contributed by atoms with E-state index in [9.17, 15) is 30.8 Å². The summed E-state index contributed by atoms with van der Waals surface area (Å²) in [5, 5.41) is 5.20. The van der Waals surface area contributed by atoms with E-state index in [2.05, 4.69) is 22.3 Å². The molecule has 0 bridgehead atoms. The molecular weight excluding hydrogens is 440 g/mol. The van der Waals surface area contributed by atoms with E-state index in [1.54, 1.807) is 0 Å².